The molecule has 16 rings (SSSR count). The highest BCUT2D eigenvalue weighted by Crippen LogP contribution is 2.43. The number of fused-ring (bicyclic) bond motifs is 8. The zero-order chi connectivity index (χ0) is 92.4. The molecule has 0 heteroatoms. The lowest BCUT2D eigenvalue weighted by molar-refractivity contribution is 0.590. The van der Waals surface area contributed by atoms with Crippen LogP contribution >= 0.6 is 0 Å². The van der Waals surface area contributed by atoms with E-state index in [1.54, 1.807) is 0 Å². The van der Waals surface area contributed by atoms with Crippen molar-refractivity contribution >= 4 is 0 Å². The average Bonchev–Trinajstić information content (AvgIpc) is 1.62. The molecule has 0 aromatic heterocycles. The Morgan fingerprint density at radius 2 is 0.231 bits per heavy atom. The first-order chi connectivity index (χ1) is 61.5. The summed E-state index contributed by atoms with van der Waals surface area (Å²) in [6.45, 7) is 54.1. The second kappa shape index (κ2) is 34.3. The number of hydrogen-bond donors (Lipinski definition) is 0. The second-order valence-corrected chi connectivity index (χ2v) is 43.3. The number of hydrogen-bond acceptors (Lipinski definition) is 0. The Labute approximate surface area is 776 Å². The minimum Gasteiger partial charge on any atom is -0.0609 e. The molecule has 0 bridgehead atoms. The molecule has 0 atom stereocenters. The summed E-state index contributed by atoms with van der Waals surface area (Å²) in [6.07, 6.45) is 0. The van der Waals surface area contributed by atoms with Crippen LogP contribution < -0.4 is 0 Å². The van der Waals surface area contributed by atoms with Crippen LogP contribution in [0.5, 0.6) is 0 Å². The molecule has 0 nitrogen and oxygen atoms in total. The maximum absolute atomic E-state index is 3.78. The van der Waals surface area contributed by atoms with Gasteiger partial charge in [-0.15, -0.1) is 0 Å². The third-order valence-electron chi connectivity index (χ3n) is 25.4. The molecule has 634 valence electrons. The van der Waals surface area contributed by atoms with Crippen molar-refractivity contribution < 1.29 is 0 Å². The van der Waals surface area contributed by atoms with Crippen molar-refractivity contribution in [1.82, 2.24) is 0 Å². The molecular weight excluding hydrogens is 1560 g/mol. The van der Waals surface area contributed by atoms with Crippen molar-refractivity contribution in [3.05, 3.63) is 377 Å². The van der Waals surface area contributed by atoms with E-state index in [1.807, 2.05) is 0 Å². The fraction of sp³-hybridized carbons (Fsp3) is 0.246. The molecule has 0 radical (unpaired) electrons. The van der Waals surface area contributed by atoms with E-state index in [4.69, 9.17) is 0 Å². The molecule has 16 aliphatic rings. The highest BCUT2D eigenvalue weighted by Gasteiger charge is 2.27. The van der Waals surface area contributed by atoms with Crippen molar-refractivity contribution in [2.24, 2.45) is 0 Å². The fourth-order valence-electron chi connectivity index (χ4n) is 17.1. The van der Waals surface area contributed by atoms with Gasteiger partial charge in [0, 0.05) is 77.9 Å². The maximum Gasteiger partial charge on any atom is 0.0347 e. The summed E-state index contributed by atoms with van der Waals surface area (Å²) in [5.41, 5.74) is 39.1. The summed E-state index contributed by atoms with van der Waals surface area (Å²) in [4.78, 5) is 0. The Morgan fingerprint density at radius 1 is 0.115 bits per heavy atom. The normalized spacial score (nSPS) is 11.9. The predicted molar refractivity (Wildman–Crippen MR) is 552 cm³/mol. The Kier molecular flexibility index (Phi) is 23.5. The Morgan fingerprint density at radius 3 is 0.377 bits per heavy atom. The SMILES string of the molecule is CC(C)(C)c1ccc2ccc(C#CC#Cc3cc(C#Cc4cc(C#Cc5cc(C#Cc6cc(C#Cc7cc(C#Cc8cc(C#CC#Cc9ccc%10ccc(C(C)(C)C)ccc9-%10)c9ccc(C(C)(C)C)ccc8-9)c8ccc(C(C)(C)C)ccc7-8)c7ccc(C(C)(C)C)ccc6-7)c6ccc(C(C)(C)C)ccc5-6)c5ccc(C(C)(C)C)ccc4-5)c4ccc(C(C)(C)C)ccc3-4)c-2cc1. The van der Waals surface area contributed by atoms with E-state index in [2.05, 4.69) is 528 Å². The molecule has 0 saturated carbocycles. The van der Waals surface area contributed by atoms with E-state index in [9.17, 15) is 0 Å². The molecular formula is C130H114. The molecule has 0 spiro atoms. The minimum absolute atomic E-state index is 0.0348. The molecule has 130 heavy (non-hydrogen) atoms. The van der Waals surface area contributed by atoms with E-state index >= 15 is 0 Å². The molecule has 16 aliphatic carbocycles. The van der Waals surface area contributed by atoms with Gasteiger partial charge in [-0.25, -0.2) is 0 Å². The van der Waals surface area contributed by atoms with E-state index in [1.165, 1.54) is 44.5 Å². The zero-order valence-electron chi connectivity index (χ0n) is 80.2. The Hall–Kier alpha value is -14.4. The zero-order valence-corrected chi connectivity index (χ0v) is 80.2. The lowest BCUT2D eigenvalue weighted by atomic mass is 9.88. The Bertz CT molecular complexity index is 7100. The van der Waals surface area contributed by atoms with Crippen molar-refractivity contribution in [3.8, 4) is 196 Å². The third kappa shape index (κ3) is 19.1. The summed E-state index contributed by atoms with van der Waals surface area (Å²) in [7, 11) is 0. The highest BCUT2D eigenvalue weighted by atomic mass is 14.3. The first kappa shape index (κ1) is 89.0. The van der Waals surface area contributed by atoms with Gasteiger partial charge in [-0.05, 0) is 249 Å². The summed E-state index contributed by atoms with van der Waals surface area (Å²) in [5.74, 6) is 64.2. The van der Waals surface area contributed by atoms with Crippen LogP contribution in [0.25, 0.3) is 89.0 Å². The van der Waals surface area contributed by atoms with Crippen LogP contribution in [0.3, 0.4) is 0 Å². The molecule has 0 amide bonds. The standard InChI is InChI=1S/C130H114/c1-123(2,3)101-49-47-87-35-33-85(109(87)65-51-101)29-25-27-31-89-79-91(113-69-55-103(125(7,8)9)53-67-111(89)113)37-39-93-81-95(117-73-59-105(127(13,14)15)57-71-115(93)117)41-43-97-83-99(121-77-63-107(129(19,20)21)61-75-119(97)121)45-46-100-84-98(120-76-62-108(130(22,23)24)64-78-122(100)120)44-42-96-82-94(116-72-58-106(128(16,17)18)60-74-118(96)116)40-38-92-80-90(112-68-54-104(126(10,11)12)56-70-114(92)112)32-28-26-30-86-34-36-88-48-50-102(124(4,5)6)52-66-110(86)88/h33-36,47-84H,1-24H3. The molecule has 0 heterocycles. The lowest BCUT2D eigenvalue weighted by Gasteiger charge is -2.17. The number of rotatable bonds is 0. The van der Waals surface area contributed by atoms with Crippen molar-refractivity contribution in [2.75, 3.05) is 0 Å². The molecule has 0 fully saturated rings. The van der Waals surface area contributed by atoms with Gasteiger partial charge in [0.2, 0.25) is 0 Å². The highest BCUT2D eigenvalue weighted by molar-refractivity contribution is 5.90. The van der Waals surface area contributed by atoms with Gasteiger partial charge in [0.15, 0.2) is 0 Å². The monoisotopic (exact) mass is 1670 g/mol. The van der Waals surface area contributed by atoms with Gasteiger partial charge in [-0.3, -0.25) is 0 Å². The van der Waals surface area contributed by atoms with E-state index < -0.39 is 0 Å². The maximum atomic E-state index is 3.78. The molecule has 0 unspecified atom stereocenters. The van der Waals surface area contributed by atoms with Crippen LogP contribution in [-0.2, 0) is 43.3 Å². The second-order valence-electron chi connectivity index (χ2n) is 43.3. The molecule has 0 aromatic carbocycles. The van der Waals surface area contributed by atoms with Crippen LogP contribution in [-0.4, -0.2) is 0 Å². The predicted octanol–water partition coefficient (Wildman–Crippen LogP) is 30.7. The molecule has 0 aliphatic heterocycles. The van der Waals surface area contributed by atoms with Crippen molar-refractivity contribution in [3.63, 3.8) is 0 Å². The van der Waals surface area contributed by atoms with Gasteiger partial charge in [0.1, 0.15) is 0 Å². The smallest absolute Gasteiger partial charge is 0.0347 e. The largest absolute Gasteiger partial charge is 0.0609 e. The van der Waals surface area contributed by atoms with E-state index in [-0.39, 0.29) is 43.3 Å². The topological polar surface area (TPSA) is 0 Å². The third-order valence-corrected chi connectivity index (χ3v) is 25.4. The van der Waals surface area contributed by atoms with Crippen molar-refractivity contribution in [2.45, 2.75) is 209 Å². The first-order valence-electron chi connectivity index (χ1n) is 45.6. The van der Waals surface area contributed by atoms with E-state index in [0.29, 0.717) is 0 Å². The summed E-state index contributed by atoms with van der Waals surface area (Å²) >= 11 is 0. The van der Waals surface area contributed by atoms with Crippen LogP contribution in [0.2, 0.25) is 0 Å². The summed E-state index contributed by atoms with van der Waals surface area (Å²) < 4.78 is 0. The Balaban J connectivity index is 0.774. The van der Waals surface area contributed by atoms with E-state index in [0.717, 1.165) is 167 Å². The molecule has 0 saturated heterocycles. The molecule has 0 N–H and O–H groups in total. The molecule has 0 aromatic rings. The fourth-order valence-corrected chi connectivity index (χ4v) is 17.1. The summed E-state index contributed by atoms with van der Waals surface area (Å²) in [5, 5.41) is 0. The van der Waals surface area contributed by atoms with Gasteiger partial charge in [-0.1, -0.05) is 455 Å². The van der Waals surface area contributed by atoms with Gasteiger partial charge in [-0.2, -0.15) is 0 Å². The quantitative estimate of drug-likeness (QED) is 0.133. The van der Waals surface area contributed by atoms with Crippen LogP contribution in [0.1, 0.15) is 289 Å². The average molecular weight is 1680 g/mol. The van der Waals surface area contributed by atoms with Gasteiger partial charge in [0.25, 0.3) is 0 Å². The van der Waals surface area contributed by atoms with Crippen molar-refractivity contribution in [1.29, 1.82) is 0 Å². The minimum atomic E-state index is -0.114. The van der Waals surface area contributed by atoms with Gasteiger partial charge in [0.05, 0.1) is 0 Å². The van der Waals surface area contributed by atoms with Crippen LogP contribution in [0.15, 0.2) is 255 Å². The van der Waals surface area contributed by atoms with Crippen LogP contribution in [0.4, 0.5) is 0 Å². The lowest BCUT2D eigenvalue weighted by Crippen LogP contribution is -2.09. The van der Waals surface area contributed by atoms with Gasteiger partial charge < -0.3 is 0 Å². The van der Waals surface area contributed by atoms with Gasteiger partial charge >= 0.3 is 0 Å². The first-order valence-corrected chi connectivity index (χ1v) is 45.6. The van der Waals surface area contributed by atoms with Crippen LogP contribution in [0, 0.1) is 107 Å². The summed E-state index contributed by atoms with van der Waals surface area (Å²) in [6, 6.07) is 92.9.